The van der Waals surface area contributed by atoms with Gasteiger partial charge in [-0.2, -0.15) is 0 Å². The molecule has 1 aliphatic heterocycles. The van der Waals surface area contributed by atoms with Crippen LogP contribution in [0.3, 0.4) is 0 Å². The Morgan fingerprint density at radius 1 is 1.86 bits per heavy atom. The second kappa shape index (κ2) is 1.92. The molecule has 1 aliphatic rings. The van der Waals surface area contributed by atoms with Crippen molar-refractivity contribution in [1.29, 1.82) is 0 Å². The topological polar surface area (TPSA) is 34.3 Å². The van der Waals surface area contributed by atoms with Crippen LogP contribution in [0.5, 0.6) is 0 Å². The Bertz CT molecular complexity index is 113. The van der Waals surface area contributed by atoms with E-state index in [0.29, 0.717) is 5.92 Å². The van der Waals surface area contributed by atoms with Crippen LogP contribution in [-0.4, -0.2) is 24.1 Å². The molecule has 0 aliphatic carbocycles. The lowest BCUT2D eigenvalue weighted by Gasteiger charge is -1.87. The first kappa shape index (κ1) is 4.57. The summed E-state index contributed by atoms with van der Waals surface area (Å²) < 4.78 is 3.83. The number of nitrogens with zero attached hydrogens (tertiary/aromatic N) is 1. The van der Waals surface area contributed by atoms with Gasteiger partial charge in [-0.1, -0.05) is 0 Å². The lowest BCUT2D eigenvalue weighted by atomic mass is 10.1. The molecule has 0 spiro atoms. The van der Waals surface area contributed by atoms with Crippen LogP contribution in [0.15, 0.2) is 0 Å². The van der Waals surface area contributed by atoms with Crippen molar-refractivity contribution in [3.05, 3.63) is 0 Å². The maximum Gasteiger partial charge on any atom is 0.274 e. The maximum absolute atomic E-state index is 8.45. The van der Waals surface area contributed by atoms with Gasteiger partial charge in [0.15, 0.2) is 0 Å². The van der Waals surface area contributed by atoms with Gasteiger partial charge in [-0.3, -0.25) is 0 Å². The van der Waals surface area contributed by atoms with E-state index in [1.807, 2.05) is 6.21 Å². The predicted octanol–water partition coefficient (Wildman–Crippen LogP) is -0.793. The third kappa shape index (κ3) is 0.889. The van der Waals surface area contributed by atoms with Crippen LogP contribution in [0, 0.1) is 5.92 Å². The number of hydrogen-bond donors (Lipinski definition) is 1. The number of aliphatic hydroxyl groups excluding tert-OH is 1. The minimum Gasteiger partial charge on any atom is -0.395 e. The SMILES string of the molecule is OCC1C=[N+]=CC1. The second-order valence-corrected chi connectivity index (χ2v) is 1.66. The van der Waals surface area contributed by atoms with Crippen molar-refractivity contribution >= 4 is 12.4 Å². The average molecular weight is 98.1 g/mol. The summed E-state index contributed by atoms with van der Waals surface area (Å²) >= 11 is 0. The zero-order valence-electron chi connectivity index (χ0n) is 4.04. The molecule has 0 amide bonds. The summed E-state index contributed by atoms with van der Waals surface area (Å²) in [4.78, 5) is 0. The molecule has 2 nitrogen and oxygen atoms in total. The van der Waals surface area contributed by atoms with E-state index in [1.165, 1.54) is 0 Å². The first-order valence-corrected chi connectivity index (χ1v) is 2.39. The van der Waals surface area contributed by atoms with Crippen LogP contribution >= 0.6 is 0 Å². The summed E-state index contributed by atoms with van der Waals surface area (Å²) in [5, 5.41) is 8.45. The van der Waals surface area contributed by atoms with Gasteiger partial charge in [-0.05, 0) is 0 Å². The molecule has 1 rings (SSSR count). The van der Waals surface area contributed by atoms with E-state index in [9.17, 15) is 0 Å². The standard InChI is InChI=1S/C5H8NO/c7-4-5-1-2-6-3-5/h2-3,5,7H,1,4H2/q+1. The molecule has 1 atom stereocenters. The molecule has 38 valence electrons. The zero-order chi connectivity index (χ0) is 5.11. The molecule has 7 heavy (non-hydrogen) atoms. The fourth-order valence-electron chi connectivity index (χ4n) is 0.561. The lowest BCUT2D eigenvalue weighted by molar-refractivity contribution is 0.268. The molecule has 0 saturated carbocycles. The van der Waals surface area contributed by atoms with E-state index in [0.717, 1.165) is 6.42 Å². The maximum atomic E-state index is 8.45. The molecule has 1 heterocycles. The van der Waals surface area contributed by atoms with Crippen LogP contribution < -0.4 is 4.67 Å². The van der Waals surface area contributed by atoms with Crippen molar-refractivity contribution in [2.75, 3.05) is 6.61 Å². The number of rotatable bonds is 1. The minimum atomic E-state index is 0.236. The van der Waals surface area contributed by atoms with E-state index in [2.05, 4.69) is 4.67 Å². The highest BCUT2D eigenvalue weighted by molar-refractivity contribution is 5.76. The monoisotopic (exact) mass is 98.1 g/mol. The van der Waals surface area contributed by atoms with Crippen molar-refractivity contribution < 1.29 is 5.11 Å². The molecule has 0 radical (unpaired) electrons. The quantitative estimate of drug-likeness (QED) is 0.428. The van der Waals surface area contributed by atoms with Gasteiger partial charge in [0.05, 0.1) is 18.9 Å². The van der Waals surface area contributed by atoms with Gasteiger partial charge >= 0.3 is 0 Å². The van der Waals surface area contributed by atoms with Crippen LogP contribution in [0.2, 0.25) is 0 Å². The van der Waals surface area contributed by atoms with Crippen molar-refractivity contribution in [1.82, 2.24) is 4.67 Å². The minimum absolute atomic E-state index is 0.236. The molecule has 0 aromatic carbocycles. The summed E-state index contributed by atoms with van der Waals surface area (Å²) in [5.74, 6) is 0.306. The van der Waals surface area contributed by atoms with Crippen LogP contribution in [0.25, 0.3) is 0 Å². The third-order valence-electron chi connectivity index (χ3n) is 1.04. The van der Waals surface area contributed by atoms with E-state index < -0.39 is 0 Å². The first-order chi connectivity index (χ1) is 3.43. The van der Waals surface area contributed by atoms with E-state index in [4.69, 9.17) is 5.11 Å². The van der Waals surface area contributed by atoms with Crippen molar-refractivity contribution in [2.24, 2.45) is 5.92 Å². The molecule has 0 saturated heterocycles. The Labute approximate surface area is 42.2 Å². The van der Waals surface area contributed by atoms with Gasteiger partial charge < -0.3 is 5.11 Å². The summed E-state index contributed by atoms with van der Waals surface area (Å²) in [5.41, 5.74) is 0. The molecule has 0 aromatic heterocycles. The molecule has 2 heteroatoms. The molecule has 1 N–H and O–H groups in total. The molecular weight excluding hydrogens is 90.1 g/mol. The Balaban J connectivity index is 2.37. The van der Waals surface area contributed by atoms with E-state index in [-0.39, 0.29) is 6.61 Å². The normalized spacial score (nSPS) is 26.7. The van der Waals surface area contributed by atoms with Gasteiger partial charge in [0, 0.05) is 0 Å². The van der Waals surface area contributed by atoms with Crippen molar-refractivity contribution in [3.8, 4) is 0 Å². The number of hydrogen-bond acceptors (Lipinski definition) is 1. The first-order valence-electron chi connectivity index (χ1n) is 2.39. The van der Waals surface area contributed by atoms with Crippen LogP contribution in [0.1, 0.15) is 6.42 Å². The Morgan fingerprint density at radius 2 is 2.71 bits per heavy atom. The molecule has 0 fully saturated rings. The van der Waals surface area contributed by atoms with Gasteiger partial charge in [0.25, 0.3) is 12.4 Å². The molecule has 1 unspecified atom stereocenters. The summed E-state index contributed by atoms with van der Waals surface area (Å²) in [7, 11) is 0. The Morgan fingerprint density at radius 3 is 3.00 bits per heavy atom. The third-order valence-corrected chi connectivity index (χ3v) is 1.04. The predicted molar refractivity (Wildman–Crippen MR) is 29.5 cm³/mol. The summed E-state index contributed by atoms with van der Waals surface area (Å²) in [6.07, 6.45) is 4.51. The van der Waals surface area contributed by atoms with Gasteiger partial charge in [0.1, 0.15) is 0 Å². The van der Waals surface area contributed by atoms with Gasteiger partial charge in [0.2, 0.25) is 0 Å². The highest BCUT2D eigenvalue weighted by Gasteiger charge is 2.13. The highest BCUT2D eigenvalue weighted by Crippen LogP contribution is 1.95. The number of aliphatic hydroxyl groups is 1. The lowest BCUT2D eigenvalue weighted by Crippen LogP contribution is -2.03. The fraction of sp³-hybridized carbons (Fsp3) is 0.600. The summed E-state index contributed by atoms with van der Waals surface area (Å²) in [6.45, 7) is 0.236. The summed E-state index contributed by atoms with van der Waals surface area (Å²) in [6, 6.07) is 0. The average Bonchev–Trinajstić information content (AvgIpc) is 2.14. The Kier molecular flexibility index (Phi) is 1.25. The van der Waals surface area contributed by atoms with Gasteiger partial charge in [-0.25, -0.2) is 0 Å². The zero-order valence-corrected chi connectivity index (χ0v) is 4.04. The second-order valence-electron chi connectivity index (χ2n) is 1.66. The van der Waals surface area contributed by atoms with Crippen molar-refractivity contribution in [3.63, 3.8) is 0 Å². The molecule has 0 aromatic rings. The van der Waals surface area contributed by atoms with E-state index in [1.54, 1.807) is 6.21 Å². The van der Waals surface area contributed by atoms with E-state index >= 15 is 0 Å². The molecule has 0 bridgehead atoms. The largest absolute Gasteiger partial charge is 0.395 e. The fourth-order valence-corrected chi connectivity index (χ4v) is 0.561. The van der Waals surface area contributed by atoms with Crippen LogP contribution in [0.4, 0.5) is 0 Å². The highest BCUT2D eigenvalue weighted by atomic mass is 16.3. The smallest absolute Gasteiger partial charge is 0.274 e. The van der Waals surface area contributed by atoms with Gasteiger partial charge in [-0.15, -0.1) is 4.67 Å². The van der Waals surface area contributed by atoms with Crippen LogP contribution in [-0.2, 0) is 0 Å². The molecular formula is C5H8NO+. The van der Waals surface area contributed by atoms with Crippen molar-refractivity contribution in [2.45, 2.75) is 6.42 Å². The Hall–Kier alpha value is -0.590.